The normalized spacial score (nSPS) is 12.8. The summed E-state index contributed by atoms with van der Waals surface area (Å²) in [6.07, 6.45) is 2.12. The van der Waals surface area contributed by atoms with E-state index in [4.69, 9.17) is 11.5 Å². The first-order valence-corrected chi connectivity index (χ1v) is 4.76. The Balaban J connectivity index is 2.91. The minimum Gasteiger partial charge on any atom is -0.399 e. The number of hydrogen-bond acceptors (Lipinski definition) is 2. The van der Waals surface area contributed by atoms with E-state index in [1.165, 1.54) is 11.1 Å². The van der Waals surface area contributed by atoms with Crippen molar-refractivity contribution in [2.45, 2.75) is 32.7 Å². The molecular weight excluding hydrogens is 160 g/mol. The van der Waals surface area contributed by atoms with Gasteiger partial charge >= 0.3 is 0 Å². The van der Waals surface area contributed by atoms with Crippen molar-refractivity contribution in [1.29, 1.82) is 0 Å². The molecule has 0 amide bonds. The molecule has 0 aliphatic heterocycles. The van der Waals surface area contributed by atoms with Gasteiger partial charge in [-0.1, -0.05) is 19.4 Å². The van der Waals surface area contributed by atoms with Gasteiger partial charge in [-0.3, -0.25) is 0 Å². The summed E-state index contributed by atoms with van der Waals surface area (Å²) in [4.78, 5) is 0. The smallest absolute Gasteiger partial charge is 0.0317 e. The average molecular weight is 178 g/mol. The molecule has 72 valence electrons. The Bertz CT molecular complexity index is 281. The van der Waals surface area contributed by atoms with E-state index in [1.807, 2.05) is 18.2 Å². The van der Waals surface area contributed by atoms with E-state index in [-0.39, 0.29) is 6.04 Å². The molecule has 4 N–H and O–H groups in total. The first kappa shape index (κ1) is 10.1. The SMILES string of the molecule is CCC[C@@H](N)c1cc(N)ccc1C. The molecule has 1 aromatic carbocycles. The molecule has 1 rings (SSSR count). The van der Waals surface area contributed by atoms with Gasteiger partial charge in [0.2, 0.25) is 0 Å². The predicted molar refractivity (Wildman–Crippen MR) is 57.4 cm³/mol. The molecule has 13 heavy (non-hydrogen) atoms. The molecule has 1 aromatic rings. The number of nitrogen functional groups attached to an aromatic ring is 1. The molecule has 0 heterocycles. The van der Waals surface area contributed by atoms with Gasteiger partial charge in [0.25, 0.3) is 0 Å². The second-order valence-electron chi connectivity index (χ2n) is 3.51. The molecule has 0 radical (unpaired) electrons. The summed E-state index contributed by atoms with van der Waals surface area (Å²) in [6, 6.07) is 6.06. The van der Waals surface area contributed by atoms with Gasteiger partial charge in [0.15, 0.2) is 0 Å². The van der Waals surface area contributed by atoms with Crippen LogP contribution in [-0.2, 0) is 0 Å². The van der Waals surface area contributed by atoms with Gasteiger partial charge in [0.05, 0.1) is 0 Å². The zero-order valence-electron chi connectivity index (χ0n) is 8.38. The van der Waals surface area contributed by atoms with Gasteiger partial charge in [-0.2, -0.15) is 0 Å². The van der Waals surface area contributed by atoms with E-state index >= 15 is 0 Å². The third-order valence-corrected chi connectivity index (χ3v) is 2.30. The maximum atomic E-state index is 6.02. The van der Waals surface area contributed by atoms with Crippen LogP contribution in [0.2, 0.25) is 0 Å². The lowest BCUT2D eigenvalue weighted by atomic mass is 9.98. The van der Waals surface area contributed by atoms with E-state index in [2.05, 4.69) is 13.8 Å². The monoisotopic (exact) mass is 178 g/mol. The van der Waals surface area contributed by atoms with Crippen LogP contribution >= 0.6 is 0 Å². The molecule has 0 bridgehead atoms. The highest BCUT2D eigenvalue weighted by Gasteiger charge is 2.07. The highest BCUT2D eigenvalue weighted by atomic mass is 14.6. The van der Waals surface area contributed by atoms with Crippen molar-refractivity contribution in [3.05, 3.63) is 29.3 Å². The number of benzene rings is 1. The third kappa shape index (κ3) is 2.46. The molecule has 0 aliphatic carbocycles. The maximum absolute atomic E-state index is 6.02. The van der Waals surface area contributed by atoms with E-state index in [0.717, 1.165) is 18.5 Å². The van der Waals surface area contributed by atoms with Crippen LogP contribution in [0.1, 0.15) is 36.9 Å². The summed E-state index contributed by atoms with van der Waals surface area (Å²) in [5, 5.41) is 0. The van der Waals surface area contributed by atoms with Gasteiger partial charge < -0.3 is 11.5 Å². The first-order valence-electron chi connectivity index (χ1n) is 4.76. The van der Waals surface area contributed by atoms with Crippen LogP contribution < -0.4 is 11.5 Å². The summed E-state index contributed by atoms with van der Waals surface area (Å²) in [5.41, 5.74) is 14.9. The molecule has 0 fully saturated rings. The lowest BCUT2D eigenvalue weighted by Crippen LogP contribution is -2.11. The van der Waals surface area contributed by atoms with Crippen molar-refractivity contribution in [3.63, 3.8) is 0 Å². The summed E-state index contributed by atoms with van der Waals surface area (Å²) in [6.45, 7) is 4.21. The van der Waals surface area contributed by atoms with Gasteiger partial charge in [0, 0.05) is 11.7 Å². The van der Waals surface area contributed by atoms with Crippen LogP contribution in [0, 0.1) is 6.92 Å². The summed E-state index contributed by atoms with van der Waals surface area (Å²) < 4.78 is 0. The number of aryl methyl sites for hydroxylation is 1. The van der Waals surface area contributed by atoms with Gasteiger partial charge in [-0.05, 0) is 36.6 Å². The Kier molecular flexibility index (Phi) is 3.32. The van der Waals surface area contributed by atoms with Crippen molar-refractivity contribution in [2.75, 3.05) is 5.73 Å². The zero-order valence-corrected chi connectivity index (χ0v) is 8.38. The molecule has 0 unspecified atom stereocenters. The van der Waals surface area contributed by atoms with Crippen molar-refractivity contribution in [1.82, 2.24) is 0 Å². The van der Waals surface area contributed by atoms with Crippen LogP contribution in [0.25, 0.3) is 0 Å². The Morgan fingerprint density at radius 3 is 2.69 bits per heavy atom. The second kappa shape index (κ2) is 4.28. The van der Waals surface area contributed by atoms with Gasteiger partial charge in [-0.15, -0.1) is 0 Å². The topological polar surface area (TPSA) is 52.0 Å². The Morgan fingerprint density at radius 2 is 2.08 bits per heavy atom. The number of hydrogen-bond donors (Lipinski definition) is 2. The van der Waals surface area contributed by atoms with E-state index in [0.29, 0.717) is 0 Å². The number of rotatable bonds is 3. The molecule has 0 saturated carbocycles. The molecule has 0 spiro atoms. The quantitative estimate of drug-likeness (QED) is 0.698. The van der Waals surface area contributed by atoms with Gasteiger partial charge in [-0.25, -0.2) is 0 Å². The molecule has 0 aromatic heterocycles. The zero-order chi connectivity index (χ0) is 9.84. The number of nitrogens with two attached hydrogens (primary N) is 2. The fraction of sp³-hybridized carbons (Fsp3) is 0.455. The lowest BCUT2D eigenvalue weighted by molar-refractivity contribution is 0.635. The van der Waals surface area contributed by atoms with E-state index in [1.54, 1.807) is 0 Å². The second-order valence-corrected chi connectivity index (χ2v) is 3.51. The average Bonchev–Trinajstić information content (AvgIpc) is 2.09. The summed E-state index contributed by atoms with van der Waals surface area (Å²) in [5.74, 6) is 0. The van der Waals surface area contributed by atoms with Crippen molar-refractivity contribution in [3.8, 4) is 0 Å². The fourth-order valence-corrected chi connectivity index (χ4v) is 1.52. The molecule has 0 aliphatic rings. The number of anilines is 1. The van der Waals surface area contributed by atoms with Crippen LogP contribution in [-0.4, -0.2) is 0 Å². The lowest BCUT2D eigenvalue weighted by Gasteiger charge is -2.14. The minimum atomic E-state index is 0.133. The van der Waals surface area contributed by atoms with Crippen LogP contribution in [0.3, 0.4) is 0 Å². The predicted octanol–water partition coefficient (Wildman–Crippen LogP) is 2.38. The highest BCUT2D eigenvalue weighted by molar-refractivity contribution is 5.45. The molecular formula is C11H18N2. The van der Waals surface area contributed by atoms with E-state index < -0.39 is 0 Å². The Hall–Kier alpha value is -1.02. The Morgan fingerprint density at radius 1 is 1.38 bits per heavy atom. The van der Waals surface area contributed by atoms with E-state index in [9.17, 15) is 0 Å². The molecule has 2 nitrogen and oxygen atoms in total. The van der Waals surface area contributed by atoms with Crippen LogP contribution in [0.4, 0.5) is 5.69 Å². The molecule has 0 saturated heterocycles. The minimum absolute atomic E-state index is 0.133. The first-order chi connectivity index (χ1) is 6.15. The fourth-order valence-electron chi connectivity index (χ4n) is 1.52. The standard InChI is InChI=1S/C11H18N2/c1-3-4-11(13)10-7-9(12)6-5-8(10)2/h5-7,11H,3-4,12-13H2,1-2H3/t11-/m1/s1. The van der Waals surface area contributed by atoms with Crippen molar-refractivity contribution in [2.24, 2.45) is 5.73 Å². The third-order valence-electron chi connectivity index (χ3n) is 2.30. The highest BCUT2D eigenvalue weighted by Crippen LogP contribution is 2.21. The van der Waals surface area contributed by atoms with Crippen LogP contribution in [0.15, 0.2) is 18.2 Å². The maximum Gasteiger partial charge on any atom is 0.0317 e. The Labute approximate surface area is 79.9 Å². The van der Waals surface area contributed by atoms with Gasteiger partial charge in [0.1, 0.15) is 0 Å². The van der Waals surface area contributed by atoms with Crippen molar-refractivity contribution >= 4 is 5.69 Å². The molecule has 1 atom stereocenters. The summed E-state index contributed by atoms with van der Waals surface area (Å²) >= 11 is 0. The summed E-state index contributed by atoms with van der Waals surface area (Å²) in [7, 11) is 0. The van der Waals surface area contributed by atoms with Crippen LogP contribution in [0.5, 0.6) is 0 Å². The molecule has 2 heteroatoms. The largest absolute Gasteiger partial charge is 0.399 e. The van der Waals surface area contributed by atoms with Crippen molar-refractivity contribution < 1.29 is 0 Å².